The minimum absolute atomic E-state index is 0.210. The van der Waals surface area contributed by atoms with Gasteiger partial charge in [0.1, 0.15) is 5.82 Å². The molecule has 20 heavy (non-hydrogen) atoms. The monoisotopic (exact) mass is 291 g/mol. The molecule has 1 fully saturated rings. The molecule has 1 aliphatic heterocycles. The highest BCUT2D eigenvalue weighted by atomic mass is 32.1. The molecule has 106 valence electrons. The normalized spacial score (nSPS) is 18.7. The number of nitrogens with zero attached hydrogens (tertiary/aromatic N) is 2. The highest BCUT2D eigenvalue weighted by Crippen LogP contribution is 2.30. The highest BCUT2D eigenvalue weighted by molar-refractivity contribution is 7.14. The van der Waals surface area contributed by atoms with Gasteiger partial charge in [0.25, 0.3) is 0 Å². The van der Waals surface area contributed by atoms with Crippen LogP contribution in [0.5, 0.6) is 0 Å². The summed E-state index contributed by atoms with van der Waals surface area (Å²) >= 11 is 1.67. The van der Waals surface area contributed by atoms with Crippen LogP contribution in [-0.4, -0.2) is 31.7 Å². The van der Waals surface area contributed by atoms with Crippen molar-refractivity contribution in [3.8, 4) is 11.3 Å². The fourth-order valence-corrected chi connectivity index (χ4v) is 3.50. The second-order valence-electron chi connectivity index (χ2n) is 5.18. The Morgan fingerprint density at radius 1 is 1.40 bits per heavy atom. The molecule has 1 aromatic heterocycles. The van der Waals surface area contributed by atoms with Crippen LogP contribution in [0.4, 0.5) is 9.52 Å². The van der Waals surface area contributed by atoms with Gasteiger partial charge in [-0.1, -0.05) is 0 Å². The maximum Gasteiger partial charge on any atom is 0.185 e. The number of halogens is 1. The van der Waals surface area contributed by atoms with Gasteiger partial charge in [0, 0.05) is 24.0 Å². The Balaban J connectivity index is 1.72. The highest BCUT2D eigenvalue weighted by Gasteiger charge is 2.24. The van der Waals surface area contributed by atoms with Crippen molar-refractivity contribution in [1.82, 2.24) is 10.3 Å². The zero-order chi connectivity index (χ0) is 13.9. The predicted octanol–water partition coefficient (Wildman–Crippen LogP) is 2.99. The molecular formula is C15H18FN3S. The number of anilines is 1. The number of hydrogen-bond acceptors (Lipinski definition) is 4. The van der Waals surface area contributed by atoms with E-state index in [-0.39, 0.29) is 5.82 Å². The summed E-state index contributed by atoms with van der Waals surface area (Å²) in [5.41, 5.74) is 1.90. The minimum Gasteiger partial charge on any atom is -0.348 e. The Morgan fingerprint density at radius 2 is 2.20 bits per heavy atom. The summed E-state index contributed by atoms with van der Waals surface area (Å²) in [5, 5.41) is 6.36. The maximum absolute atomic E-state index is 12.9. The van der Waals surface area contributed by atoms with E-state index >= 15 is 0 Å². The average Bonchev–Trinajstić information content (AvgIpc) is 3.08. The number of benzene rings is 1. The molecule has 3 rings (SSSR count). The Kier molecular flexibility index (Phi) is 3.98. The fraction of sp³-hybridized carbons (Fsp3) is 0.400. The summed E-state index contributed by atoms with van der Waals surface area (Å²) in [6.07, 6.45) is 1.21. The van der Waals surface area contributed by atoms with Crippen molar-refractivity contribution in [2.24, 2.45) is 5.92 Å². The summed E-state index contributed by atoms with van der Waals surface area (Å²) in [7, 11) is 2.00. The van der Waals surface area contributed by atoms with E-state index in [2.05, 4.69) is 15.2 Å². The lowest BCUT2D eigenvalue weighted by atomic mass is 10.1. The molecule has 0 spiro atoms. The lowest BCUT2D eigenvalue weighted by Crippen LogP contribution is -2.24. The summed E-state index contributed by atoms with van der Waals surface area (Å²) in [4.78, 5) is 7.04. The van der Waals surface area contributed by atoms with Crippen LogP contribution in [0, 0.1) is 11.7 Å². The summed E-state index contributed by atoms with van der Waals surface area (Å²) in [5.74, 6) is 0.497. The van der Waals surface area contributed by atoms with Gasteiger partial charge < -0.3 is 10.2 Å². The quantitative estimate of drug-likeness (QED) is 0.938. The third kappa shape index (κ3) is 2.83. The van der Waals surface area contributed by atoms with Crippen LogP contribution in [-0.2, 0) is 0 Å². The van der Waals surface area contributed by atoms with Crippen molar-refractivity contribution in [1.29, 1.82) is 0 Å². The summed E-state index contributed by atoms with van der Waals surface area (Å²) in [6.45, 7) is 3.20. The van der Waals surface area contributed by atoms with Crippen molar-refractivity contribution < 1.29 is 4.39 Å². The van der Waals surface area contributed by atoms with Crippen LogP contribution in [0.3, 0.4) is 0 Å². The Hall–Kier alpha value is -1.46. The van der Waals surface area contributed by atoms with Crippen LogP contribution in [0.1, 0.15) is 6.42 Å². The molecule has 0 radical (unpaired) electrons. The van der Waals surface area contributed by atoms with E-state index in [4.69, 9.17) is 0 Å². The second-order valence-corrected chi connectivity index (χ2v) is 6.02. The van der Waals surface area contributed by atoms with Gasteiger partial charge in [0.2, 0.25) is 0 Å². The van der Waals surface area contributed by atoms with Crippen LogP contribution in [0.2, 0.25) is 0 Å². The molecule has 1 aliphatic rings. The summed E-state index contributed by atoms with van der Waals surface area (Å²) < 4.78 is 12.9. The third-order valence-corrected chi connectivity index (χ3v) is 4.58. The molecule has 0 amide bonds. The van der Waals surface area contributed by atoms with E-state index < -0.39 is 0 Å². The molecular weight excluding hydrogens is 273 g/mol. The molecule has 0 bridgehead atoms. The molecule has 2 heterocycles. The molecule has 0 aliphatic carbocycles. The molecule has 2 aromatic rings. The van der Waals surface area contributed by atoms with Gasteiger partial charge in [0.05, 0.1) is 5.69 Å². The third-order valence-electron chi connectivity index (χ3n) is 3.68. The summed E-state index contributed by atoms with van der Waals surface area (Å²) in [6, 6.07) is 6.52. The van der Waals surface area contributed by atoms with Gasteiger partial charge in [-0.25, -0.2) is 9.37 Å². The van der Waals surface area contributed by atoms with E-state index in [0.717, 1.165) is 36.0 Å². The van der Waals surface area contributed by atoms with Crippen LogP contribution in [0.25, 0.3) is 11.3 Å². The Bertz CT molecular complexity index is 567. The van der Waals surface area contributed by atoms with Crippen molar-refractivity contribution in [2.45, 2.75) is 6.42 Å². The zero-order valence-electron chi connectivity index (χ0n) is 11.5. The lowest BCUT2D eigenvalue weighted by molar-refractivity contribution is 0.549. The van der Waals surface area contributed by atoms with E-state index in [1.54, 1.807) is 23.5 Å². The molecule has 0 saturated carbocycles. The van der Waals surface area contributed by atoms with Crippen molar-refractivity contribution >= 4 is 16.5 Å². The Labute approximate surface area is 122 Å². The smallest absolute Gasteiger partial charge is 0.185 e. The van der Waals surface area contributed by atoms with E-state index in [1.807, 2.05) is 12.4 Å². The van der Waals surface area contributed by atoms with Gasteiger partial charge in [-0.3, -0.25) is 0 Å². The predicted molar refractivity (Wildman–Crippen MR) is 81.8 cm³/mol. The fourth-order valence-electron chi connectivity index (χ4n) is 2.62. The van der Waals surface area contributed by atoms with Gasteiger partial charge >= 0.3 is 0 Å². The van der Waals surface area contributed by atoms with Crippen LogP contribution in [0.15, 0.2) is 29.6 Å². The molecule has 1 aromatic carbocycles. The van der Waals surface area contributed by atoms with Gasteiger partial charge in [0.15, 0.2) is 5.13 Å². The molecule has 3 nitrogen and oxygen atoms in total. The molecule has 1 unspecified atom stereocenters. The van der Waals surface area contributed by atoms with Crippen molar-refractivity contribution in [3.05, 3.63) is 35.5 Å². The number of rotatable bonds is 4. The first kappa shape index (κ1) is 13.5. The lowest BCUT2D eigenvalue weighted by Gasteiger charge is -2.14. The zero-order valence-corrected chi connectivity index (χ0v) is 12.3. The van der Waals surface area contributed by atoms with Crippen molar-refractivity contribution in [3.63, 3.8) is 0 Å². The average molecular weight is 291 g/mol. The first-order valence-electron chi connectivity index (χ1n) is 6.87. The minimum atomic E-state index is -0.210. The van der Waals surface area contributed by atoms with Gasteiger partial charge in [-0.05, 0) is 50.2 Å². The van der Waals surface area contributed by atoms with E-state index in [9.17, 15) is 4.39 Å². The number of hydrogen-bond donors (Lipinski definition) is 1. The SMILES string of the molecule is CNCC1CCN(c2nc(-c3ccc(F)cc3)cs2)C1. The first-order chi connectivity index (χ1) is 9.76. The number of nitrogens with one attached hydrogen (secondary N) is 1. The molecule has 1 saturated heterocycles. The standard InChI is InChI=1S/C15H18FN3S/c1-17-8-11-6-7-19(9-11)15-18-14(10-20-15)12-2-4-13(16)5-3-12/h2-5,10-11,17H,6-9H2,1H3. The number of aromatic nitrogens is 1. The molecule has 1 atom stereocenters. The largest absolute Gasteiger partial charge is 0.348 e. The van der Waals surface area contributed by atoms with Crippen LogP contribution < -0.4 is 10.2 Å². The Morgan fingerprint density at radius 3 is 2.95 bits per heavy atom. The van der Waals surface area contributed by atoms with Crippen LogP contribution >= 0.6 is 11.3 Å². The molecule has 1 N–H and O–H groups in total. The van der Waals surface area contributed by atoms with Gasteiger partial charge in [-0.15, -0.1) is 11.3 Å². The van der Waals surface area contributed by atoms with Gasteiger partial charge in [-0.2, -0.15) is 0 Å². The van der Waals surface area contributed by atoms with E-state index in [0.29, 0.717) is 5.92 Å². The number of thiazole rings is 1. The van der Waals surface area contributed by atoms with Crippen molar-refractivity contribution in [2.75, 3.05) is 31.6 Å². The van der Waals surface area contributed by atoms with E-state index in [1.165, 1.54) is 18.6 Å². The topological polar surface area (TPSA) is 28.2 Å². The maximum atomic E-state index is 12.9. The molecule has 5 heteroatoms. The second kappa shape index (κ2) is 5.89. The first-order valence-corrected chi connectivity index (χ1v) is 7.75.